The fourth-order valence-corrected chi connectivity index (χ4v) is 8.75. The largest absolute Gasteiger partial charge is 0.482 e. The van der Waals surface area contributed by atoms with Crippen LogP contribution in [0.3, 0.4) is 0 Å². The molecule has 19 heteroatoms. The summed E-state index contributed by atoms with van der Waals surface area (Å²) in [7, 11) is -3.20. The highest BCUT2D eigenvalue weighted by molar-refractivity contribution is 7.90. The van der Waals surface area contributed by atoms with E-state index in [1.54, 1.807) is 38.0 Å². The summed E-state index contributed by atoms with van der Waals surface area (Å²) in [6.07, 6.45) is 5.03. The van der Waals surface area contributed by atoms with Gasteiger partial charge >= 0.3 is 6.09 Å². The standard InChI is InChI=1S/C41H53FN6O11S/c1-40(2,3)59-39(53)44-31-16-9-7-5-6-8-14-27-20-41(27,38(52)46-60(54,55)34-18-11-10-17-33(34)56-24-35(49)43-4)45-36(50)32-19-28(22-48(32)37(31)51)57-25-58-47-21-26-13-12-15-30(42)29(26)23-47/h8,10-15,17-18,27-28,31-32H,5-7,9,16,19-25H2,1-4H3,(H,43,49)(H,44,53)(H,45,50)(H,46,52)/b14-8-/t27-,28+,31-,32-,41+/m0/s1. The first-order valence-corrected chi connectivity index (χ1v) is 21.5. The second kappa shape index (κ2) is 18.7. The lowest BCUT2D eigenvalue weighted by molar-refractivity contribution is -0.239. The minimum Gasteiger partial charge on any atom is -0.482 e. The molecule has 5 atom stereocenters. The van der Waals surface area contributed by atoms with Crippen molar-refractivity contribution in [2.45, 2.75) is 113 Å². The number of para-hydroxylation sites is 1. The van der Waals surface area contributed by atoms with E-state index in [0.717, 1.165) is 12.0 Å². The van der Waals surface area contributed by atoms with Gasteiger partial charge in [0.25, 0.3) is 21.8 Å². The molecule has 2 aromatic carbocycles. The van der Waals surface area contributed by atoms with Gasteiger partial charge in [-0.1, -0.05) is 49.3 Å². The second-order valence-corrected chi connectivity index (χ2v) is 18.0. The van der Waals surface area contributed by atoms with Crippen molar-refractivity contribution in [1.29, 1.82) is 0 Å². The van der Waals surface area contributed by atoms with Gasteiger partial charge in [-0.3, -0.25) is 24.0 Å². The van der Waals surface area contributed by atoms with E-state index >= 15 is 0 Å². The summed E-state index contributed by atoms with van der Waals surface area (Å²) in [5, 5.41) is 9.43. The zero-order valence-electron chi connectivity index (χ0n) is 34.2. The Morgan fingerprint density at radius 1 is 1.03 bits per heavy atom. The fraction of sp³-hybridized carbons (Fsp3) is 0.537. The first-order valence-electron chi connectivity index (χ1n) is 20.0. The van der Waals surface area contributed by atoms with Crippen molar-refractivity contribution in [2.75, 3.05) is 27.0 Å². The van der Waals surface area contributed by atoms with Gasteiger partial charge in [0.15, 0.2) is 13.4 Å². The van der Waals surface area contributed by atoms with Gasteiger partial charge < -0.3 is 35.1 Å². The molecule has 3 aliphatic heterocycles. The Labute approximate surface area is 348 Å². The summed E-state index contributed by atoms with van der Waals surface area (Å²) in [4.78, 5) is 74.6. The molecule has 1 saturated heterocycles. The number of alkyl carbamates (subject to hydrolysis) is 1. The van der Waals surface area contributed by atoms with Gasteiger partial charge in [0, 0.05) is 31.5 Å². The Bertz CT molecular complexity index is 2100. The molecule has 1 aliphatic carbocycles. The van der Waals surface area contributed by atoms with Crippen molar-refractivity contribution in [1.82, 2.24) is 30.6 Å². The number of carbonyl (C=O) groups excluding carboxylic acids is 5. The molecule has 326 valence electrons. The summed E-state index contributed by atoms with van der Waals surface area (Å²) in [5.41, 5.74) is -1.25. The van der Waals surface area contributed by atoms with E-state index in [0.29, 0.717) is 31.4 Å². The number of likely N-dealkylation sites (N-methyl/N-ethyl adjacent to an activating group) is 1. The lowest BCUT2D eigenvalue weighted by atomic mass is 10.0. The van der Waals surface area contributed by atoms with E-state index < -0.39 is 86.5 Å². The highest BCUT2D eigenvalue weighted by atomic mass is 32.2. The Morgan fingerprint density at radius 3 is 2.57 bits per heavy atom. The van der Waals surface area contributed by atoms with E-state index in [1.807, 2.05) is 12.1 Å². The van der Waals surface area contributed by atoms with Crippen LogP contribution in [0.4, 0.5) is 9.18 Å². The number of carbonyl (C=O) groups is 5. The maximum atomic E-state index is 14.4. The predicted octanol–water partition coefficient (Wildman–Crippen LogP) is 2.93. The highest BCUT2D eigenvalue weighted by Crippen LogP contribution is 2.46. The Hall–Kier alpha value is -5.11. The molecule has 6 rings (SSSR count). The SMILES string of the molecule is CNC(=O)COc1ccccc1S(=O)(=O)NC(=O)[C@@]12C[C@@H]1/C=C\CCCCC[C@H](NC(=O)OC(C)(C)C)C(=O)N1C[C@H](OCON3Cc4cccc(F)c4C3)C[C@H]1C(=O)N2. The molecule has 2 fully saturated rings. The number of nitrogens with zero attached hydrogens (tertiary/aromatic N) is 2. The zero-order chi connectivity index (χ0) is 43.2. The van der Waals surface area contributed by atoms with Gasteiger partial charge in [0.1, 0.15) is 39.7 Å². The van der Waals surface area contributed by atoms with Crippen molar-refractivity contribution in [3.8, 4) is 5.75 Å². The smallest absolute Gasteiger partial charge is 0.408 e. The molecule has 0 unspecified atom stereocenters. The number of sulfonamides is 1. The highest BCUT2D eigenvalue weighted by Gasteiger charge is 2.61. The molecule has 4 N–H and O–H groups in total. The summed E-state index contributed by atoms with van der Waals surface area (Å²) in [6.45, 7) is 4.80. The number of nitrogens with one attached hydrogen (secondary N) is 4. The average Bonchev–Trinajstić information content (AvgIpc) is 3.48. The molecule has 2 aromatic rings. The van der Waals surface area contributed by atoms with E-state index in [9.17, 15) is 36.8 Å². The molecule has 60 heavy (non-hydrogen) atoms. The summed E-state index contributed by atoms with van der Waals surface area (Å²) < 4.78 is 60.9. The quantitative estimate of drug-likeness (QED) is 0.190. The average molecular weight is 857 g/mol. The predicted molar refractivity (Wildman–Crippen MR) is 212 cm³/mol. The molecular formula is C41H53FN6O11S. The van der Waals surface area contributed by atoms with Crippen molar-refractivity contribution < 1.29 is 55.8 Å². The zero-order valence-corrected chi connectivity index (χ0v) is 35.0. The molecule has 17 nitrogen and oxygen atoms in total. The van der Waals surface area contributed by atoms with Crippen molar-refractivity contribution in [3.63, 3.8) is 0 Å². The van der Waals surface area contributed by atoms with E-state index in [2.05, 4.69) is 20.7 Å². The minimum absolute atomic E-state index is 0.0263. The number of rotatable bonds is 11. The molecule has 0 bridgehead atoms. The van der Waals surface area contributed by atoms with E-state index in [-0.39, 0.29) is 50.7 Å². The van der Waals surface area contributed by atoms with Crippen LogP contribution in [0.15, 0.2) is 59.5 Å². The summed E-state index contributed by atoms with van der Waals surface area (Å²) in [6, 6.07) is 8.06. The van der Waals surface area contributed by atoms with Gasteiger partial charge in [0.2, 0.25) is 11.8 Å². The first kappa shape index (κ1) is 44.4. The number of benzene rings is 2. The van der Waals surface area contributed by atoms with Crippen LogP contribution >= 0.6 is 0 Å². The van der Waals surface area contributed by atoms with E-state index in [4.69, 9.17) is 19.0 Å². The summed E-state index contributed by atoms with van der Waals surface area (Å²) in [5.74, 6) is -3.88. The van der Waals surface area contributed by atoms with E-state index in [1.165, 1.54) is 42.3 Å². The van der Waals surface area contributed by atoms with Crippen LogP contribution in [0.5, 0.6) is 5.75 Å². The number of fused-ring (bicyclic) bond motifs is 3. The Kier molecular flexibility index (Phi) is 13.8. The lowest BCUT2D eigenvalue weighted by Gasteiger charge is -2.30. The second-order valence-electron chi connectivity index (χ2n) is 16.3. The van der Waals surface area contributed by atoms with Crippen LogP contribution in [0.1, 0.15) is 76.8 Å². The third-order valence-electron chi connectivity index (χ3n) is 10.8. The normalized spacial score (nSPS) is 25.3. The molecule has 1 saturated carbocycles. The van der Waals surface area contributed by atoms with Crippen LogP contribution in [0.2, 0.25) is 0 Å². The lowest BCUT2D eigenvalue weighted by Crippen LogP contribution is -2.58. The molecule has 5 amide bonds. The van der Waals surface area contributed by atoms with Crippen LogP contribution in [-0.4, -0.2) is 104 Å². The maximum Gasteiger partial charge on any atom is 0.408 e. The number of amides is 5. The van der Waals surface area contributed by atoms with Crippen LogP contribution in [-0.2, 0) is 56.6 Å². The molecule has 0 spiro atoms. The topological polar surface area (TPSA) is 211 Å². The van der Waals surface area contributed by atoms with Gasteiger partial charge in [0.05, 0.1) is 19.2 Å². The molecule has 0 radical (unpaired) electrons. The van der Waals surface area contributed by atoms with Gasteiger partial charge in [-0.15, -0.1) is 0 Å². The number of hydrogen-bond donors (Lipinski definition) is 4. The monoisotopic (exact) mass is 856 g/mol. The van der Waals surface area contributed by atoms with Crippen LogP contribution in [0.25, 0.3) is 0 Å². The molecule has 4 aliphatic rings. The Morgan fingerprint density at radius 2 is 1.82 bits per heavy atom. The number of ether oxygens (including phenoxy) is 3. The number of halogens is 1. The number of hydroxylamine groups is 2. The van der Waals surface area contributed by atoms with Crippen molar-refractivity contribution >= 4 is 39.7 Å². The minimum atomic E-state index is -4.60. The number of hydrogen-bond acceptors (Lipinski definition) is 12. The van der Waals surface area contributed by atoms with Gasteiger partial charge in [-0.05, 0) is 70.2 Å². The van der Waals surface area contributed by atoms with Crippen molar-refractivity contribution in [2.24, 2.45) is 5.92 Å². The van der Waals surface area contributed by atoms with Crippen LogP contribution in [0, 0.1) is 11.7 Å². The van der Waals surface area contributed by atoms with Crippen molar-refractivity contribution in [3.05, 3.63) is 71.6 Å². The summed E-state index contributed by atoms with van der Waals surface area (Å²) >= 11 is 0. The van der Waals surface area contributed by atoms with Gasteiger partial charge in [-0.25, -0.2) is 22.3 Å². The molecule has 3 heterocycles. The maximum absolute atomic E-state index is 14.4. The van der Waals surface area contributed by atoms with Crippen LogP contribution < -0.4 is 25.4 Å². The first-order chi connectivity index (χ1) is 28.5. The third kappa shape index (κ3) is 10.8. The number of allylic oxidation sites excluding steroid dienone is 1. The van der Waals surface area contributed by atoms with Gasteiger partial charge in [-0.2, -0.15) is 5.06 Å². The Balaban J connectivity index is 1.23. The third-order valence-corrected chi connectivity index (χ3v) is 12.1. The fourth-order valence-electron chi connectivity index (χ4n) is 7.57. The molecular weight excluding hydrogens is 804 g/mol. The molecule has 0 aromatic heterocycles.